The van der Waals surface area contributed by atoms with Gasteiger partial charge in [-0.05, 0) is 36.6 Å². The zero-order valence-electron chi connectivity index (χ0n) is 13.0. The molecule has 1 saturated carbocycles. The summed E-state index contributed by atoms with van der Waals surface area (Å²) in [6.07, 6.45) is 7.51. The summed E-state index contributed by atoms with van der Waals surface area (Å²) in [5.74, 6) is 0.764. The fourth-order valence-electron chi connectivity index (χ4n) is 3.53. The summed E-state index contributed by atoms with van der Waals surface area (Å²) in [4.78, 5) is 4.52. The standard InChI is InChI=1S/C18H20N4O/c23-18(10-4-1-5-11-18)13-14-7-6-12-19-17(14)22-16-9-3-2-8-15(16)20-21-22/h2-3,6-9,12,23H,1,4-5,10-11,13H2. The van der Waals surface area contributed by atoms with Crippen LogP contribution in [0.2, 0.25) is 0 Å². The highest BCUT2D eigenvalue weighted by atomic mass is 16.3. The Balaban J connectivity index is 1.75. The van der Waals surface area contributed by atoms with Crippen molar-refractivity contribution in [2.45, 2.75) is 44.1 Å². The zero-order valence-corrected chi connectivity index (χ0v) is 13.0. The molecule has 1 aromatic carbocycles. The van der Waals surface area contributed by atoms with Crippen molar-refractivity contribution >= 4 is 11.0 Å². The summed E-state index contributed by atoms with van der Waals surface area (Å²) in [6, 6.07) is 11.8. The molecule has 5 nitrogen and oxygen atoms in total. The van der Waals surface area contributed by atoms with Crippen LogP contribution < -0.4 is 0 Å². The van der Waals surface area contributed by atoms with Gasteiger partial charge >= 0.3 is 0 Å². The second-order valence-corrected chi connectivity index (χ2v) is 6.44. The summed E-state index contributed by atoms with van der Waals surface area (Å²) >= 11 is 0. The van der Waals surface area contributed by atoms with E-state index in [1.807, 2.05) is 36.4 Å². The number of aromatic nitrogens is 4. The number of aliphatic hydroxyl groups is 1. The van der Waals surface area contributed by atoms with Crippen molar-refractivity contribution in [3.63, 3.8) is 0 Å². The van der Waals surface area contributed by atoms with Gasteiger partial charge in [-0.2, -0.15) is 4.68 Å². The van der Waals surface area contributed by atoms with Gasteiger partial charge in [0.2, 0.25) is 0 Å². The fraction of sp³-hybridized carbons (Fsp3) is 0.389. The first-order valence-electron chi connectivity index (χ1n) is 8.22. The Hall–Kier alpha value is -2.27. The Morgan fingerprint density at radius 2 is 1.87 bits per heavy atom. The molecule has 118 valence electrons. The Kier molecular flexibility index (Phi) is 3.58. The van der Waals surface area contributed by atoms with Gasteiger partial charge in [-0.3, -0.25) is 0 Å². The van der Waals surface area contributed by atoms with Gasteiger partial charge in [0.1, 0.15) is 5.52 Å². The van der Waals surface area contributed by atoms with Crippen molar-refractivity contribution in [2.24, 2.45) is 0 Å². The quantitative estimate of drug-likeness (QED) is 0.807. The number of benzene rings is 1. The largest absolute Gasteiger partial charge is 0.390 e. The number of para-hydroxylation sites is 1. The Labute approximate surface area is 135 Å². The average Bonchev–Trinajstić information content (AvgIpc) is 3.00. The smallest absolute Gasteiger partial charge is 0.159 e. The van der Waals surface area contributed by atoms with Crippen LogP contribution in [0.4, 0.5) is 0 Å². The molecule has 0 unspecified atom stereocenters. The number of hydrogen-bond acceptors (Lipinski definition) is 4. The minimum Gasteiger partial charge on any atom is -0.390 e. The highest BCUT2D eigenvalue weighted by molar-refractivity contribution is 5.75. The van der Waals surface area contributed by atoms with Crippen molar-refractivity contribution in [3.05, 3.63) is 48.2 Å². The maximum Gasteiger partial charge on any atom is 0.159 e. The Morgan fingerprint density at radius 1 is 1.04 bits per heavy atom. The van der Waals surface area contributed by atoms with Gasteiger partial charge in [-0.25, -0.2) is 4.98 Å². The molecule has 0 radical (unpaired) electrons. The van der Waals surface area contributed by atoms with Crippen molar-refractivity contribution in [3.8, 4) is 5.82 Å². The summed E-state index contributed by atoms with van der Waals surface area (Å²) in [6.45, 7) is 0. The van der Waals surface area contributed by atoms with Crippen LogP contribution in [0.1, 0.15) is 37.7 Å². The van der Waals surface area contributed by atoms with Crippen LogP contribution in [-0.4, -0.2) is 30.7 Å². The molecule has 0 atom stereocenters. The molecular weight excluding hydrogens is 288 g/mol. The van der Waals surface area contributed by atoms with E-state index in [2.05, 4.69) is 15.3 Å². The van der Waals surface area contributed by atoms with E-state index >= 15 is 0 Å². The lowest BCUT2D eigenvalue weighted by atomic mass is 9.80. The first-order chi connectivity index (χ1) is 11.3. The second kappa shape index (κ2) is 5.74. The van der Waals surface area contributed by atoms with Crippen LogP contribution in [0.5, 0.6) is 0 Å². The van der Waals surface area contributed by atoms with Crippen LogP contribution in [0, 0.1) is 0 Å². The van der Waals surface area contributed by atoms with E-state index in [-0.39, 0.29) is 0 Å². The number of fused-ring (bicyclic) bond motifs is 1. The van der Waals surface area contributed by atoms with E-state index in [0.29, 0.717) is 6.42 Å². The molecule has 1 aliphatic carbocycles. The lowest BCUT2D eigenvalue weighted by Gasteiger charge is -2.32. The molecule has 3 aromatic rings. The van der Waals surface area contributed by atoms with Crippen molar-refractivity contribution in [2.75, 3.05) is 0 Å². The topological polar surface area (TPSA) is 63.8 Å². The van der Waals surface area contributed by atoms with Gasteiger partial charge in [-0.15, -0.1) is 5.10 Å². The van der Waals surface area contributed by atoms with Crippen molar-refractivity contribution in [1.82, 2.24) is 20.0 Å². The van der Waals surface area contributed by atoms with E-state index < -0.39 is 5.60 Å². The van der Waals surface area contributed by atoms with Crippen molar-refractivity contribution < 1.29 is 5.11 Å². The molecule has 23 heavy (non-hydrogen) atoms. The maximum atomic E-state index is 10.9. The van der Waals surface area contributed by atoms with Gasteiger partial charge in [0.25, 0.3) is 0 Å². The average molecular weight is 308 g/mol. The van der Waals surface area contributed by atoms with E-state index in [1.165, 1.54) is 6.42 Å². The minimum absolute atomic E-state index is 0.615. The highest BCUT2D eigenvalue weighted by Crippen LogP contribution is 2.32. The van der Waals surface area contributed by atoms with E-state index in [9.17, 15) is 5.11 Å². The number of nitrogens with zero attached hydrogens (tertiary/aromatic N) is 4. The predicted molar refractivity (Wildman–Crippen MR) is 88.4 cm³/mol. The van der Waals surface area contributed by atoms with Gasteiger partial charge in [0.15, 0.2) is 5.82 Å². The minimum atomic E-state index is -0.619. The van der Waals surface area contributed by atoms with E-state index in [1.54, 1.807) is 10.9 Å². The number of pyridine rings is 1. The van der Waals surface area contributed by atoms with E-state index in [4.69, 9.17) is 0 Å². The second-order valence-electron chi connectivity index (χ2n) is 6.44. The number of hydrogen-bond donors (Lipinski definition) is 1. The Morgan fingerprint density at radius 3 is 2.74 bits per heavy atom. The van der Waals surface area contributed by atoms with Crippen LogP contribution in [-0.2, 0) is 6.42 Å². The normalized spacial score (nSPS) is 17.4. The maximum absolute atomic E-state index is 10.9. The first-order valence-corrected chi connectivity index (χ1v) is 8.22. The van der Waals surface area contributed by atoms with Gasteiger partial charge < -0.3 is 5.11 Å². The molecule has 4 rings (SSSR count). The van der Waals surface area contributed by atoms with Crippen molar-refractivity contribution in [1.29, 1.82) is 0 Å². The van der Waals surface area contributed by atoms with Gasteiger partial charge in [0.05, 0.1) is 11.1 Å². The molecule has 5 heteroatoms. The zero-order chi connectivity index (χ0) is 15.7. The lowest BCUT2D eigenvalue weighted by molar-refractivity contribution is 0.00440. The molecular formula is C18H20N4O. The van der Waals surface area contributed by atoms with Gasteiger partial charge in [-0.1, -0.05) is 42.7 Å². The molecule has 0 bridgehead atoms. The third-order valence-electron chi connectivity index (χ3n) is 4.72. The molecule has 1 N–H and O–H groups in total. The van der Waals surface area contributed by atoms with Crippen LogP contribution in [0.15, 0.2) is 42.6 Å². The van der Waals surface area contributed by atoms with Crippen LogP contribution >= 0.6 is 0 Å². The SMILES string of the molecule is OC1(Cc2cccnc2-n2nnc3ccccc32)CCCCC1. The molecule has 2 heterocycles. The molecule has 0 amide bonds. The molecule has 0 aliphatic heterocycles. The summed E-state index contributed by atoms with van der Waals surface area (Å²) in [7, 11) is 0. The highest BCUT2D eigenvalue weighted by Gasteiger charge is 2.30. The molecule has 1 fully saturated rings. The summed E-state index contributed by atoms with van der Waals surface area (Å²) in [5, 5.41) is 19.4. The van der Waals surface area contributed by atoms with Gasteiger partial charge in [0, 0.05) is 12.6 Å². The monoisotopic (exact) mass is 308 g/mol. The predicted octanol–water partition coefficient (Wildman–Crippen LogP) is 3.05. The fourth-order valence-corrected chi connectivity index (χ4v) is 3.53. The lowest BCUT2D eigenvalue weighted by Crippen LogP contribution is -2.34. The Bertz CT molecular complexity index is 821. The molecule has 2 aromatic heterocycles. The third-order valence-corrected chi connectivity index (χ3v) is 4.72. The summed E-state index contributed by atoms with van der Waals surface area (Å²) in [5.41, 5.74) is 2.18. The molecule has 0 spiro atoms. The molecule has 0 saturated heterocycles. The number of rotatable bonds is 3. The summed E-state index contributed by atoms with van der Waals surface area (Å²) < 4.78 is 1.77. The van der Waals surface area contributed by atoms with Crippen LogP contribution in [0.3, 0.4) is 0 Å². The third kappa shape index (κ3) is 2.72. The van der Waals surface area contributed by atoms with E-state index in [0.717, 1.165) is 48.1 Å². The van der Waals surface area contributed by atoms with Crippen LogP contribution in [0.25, 0.3) is 16.9 Å². The first kappa shape index (κ1) is 14.3. The molecule has 1 aliphatic rings.